The molecule has 0 heterocycles. The molecular formula is C66H158O4Si2. The van der Waals surface area contributed by atoms with E-state index in [-0.39, 0.29) is 50.0 Å². The van der Waals surface area contributed by atoms with E-state index in [2.05, 4.69) is 165 Å². The highest BCUT2D eigenvalue weighted by atomic mass is 28.4. The van der Waals surface area contributed by atoms with Gasteiger partial charge in [-0.1, -0.05) is 286 Å². The smallest absolute Gasteiger partial charge is 0.173 e. The molecule has 3 atom stereocenters. The maximum Gasteiger partial charge on any atom is 0.173 e. The second kappa shape index (κ2) is 62.1. The Labute approximate surface area is 468 Å². The molecule has 0 aliphatic rings. The van der Waals surface area contributed by atoms with Crippen molar-refractivity contribution in [2.75, 3.05) is 39.6 Å². The van der Waals surface area contributed by atoms with Crippen molar-refractivity contribution >= 4 is 16.6 Å². The van der Waals surface area contributed by atoms with Gasteiger partial charge in [0.05, 0.1) is 19.8 Å². The molecule has 3 unspecified atom stereocenters. The van der Waals surface area contributed by atoms with E-state index in [1.54, 1.807) is 0 Å². The molecule has 4 nitrogen and oxygen atoms in total. The van der Waals surface area contributed by atoms with Gasteiger partial charge in [0.25, 0.3) is 0 Å². The van der Waals surface area contributed by atoms with Gasteiger partial charge in [-0.25, -0.2) is 0 Å². The van der Waals surface area contributed by atoms with E-state index in [1.807, 2.05) is 0 Å². The zero-order valence-corrected chi connectivity index (χ0v) is 52.9. The molecule has 0 N–H and O–H groups in total. The Morgan fingerprint density at radius 3 is 0.833 bits per heavy atom. The Morgan fingerprint density at radius 1 is 0.361 bits per heavy atom. The van der Waals surface area contributed by atoms with Crippen LogP contribution in [-0.4, -0.2) is 56.3 Å². The van der Waals surface area contributed by atoms with Crippen molar-refractivity contribution < 1.29 is 18.3 Å². The summed E-state index contributed by atoms with van der Waals surface area (Å²) in [6.45, 7) is 60.1. The van der Waals surface area contributed by atoms with Gasteiger partial charge < -0.3 is 18.3 Å². The molecule has 0 radical (unpaired) electrons. The predicted molar refractivity (Wildman–Crippen MR) is 350 cm³/mol. The molecule has 0 aliphatic carbocycles. The Morgan fingerprint density at radius 2 is 0.639 bits per heavy atom. The molecule has 0 aromatic carbocycles. The summed E-state index contributed by atoms with van der Waals surface area (Å²) < 4.78 is 24.0. The highest BCUT2D eigenvalue weighted by molar-refractivity contribution is 6.84. The molecular weight excluding hydrogens is 913 g/mol. The molecule has 454 valence electrons. The zero-order valence-electron chi connectivity index (χ0n) is 50.9. The third-order valence-corrected chi connectivity index (χ3v) is 23.0. The lowest BCUT2D eigenvalue weighted by Crippen LogP contribution is -2.46. The first-order chi connectivity index (χ1) is 31.1. The Kier molecular flexibility index (Phi) is 84.4. The summed E-state index contributed by atoms with van der Waals surface area (Å²) in [6, 6.07) is 2.71. The van der Waals surface area contributed by atoms with E-state index in [4.69, 9.17) is 18.3 Å². The molecule has 0 aliphatic heterocycles. The van der Waals surface area contributed by atoms with Gasteiger partial charge in [0.1, 0.15) is 0 Å². The molecule has 0 aromatic heterocycles. The van der Waals surface area contributed by atoms with E-state index >= 15 is 0 Å². The van der Waals surface area contributed by atoms with Crippen molar-refractivity contribution in [2.24, 2.45) is 39.9 Å². The van der Waals surface area contributed by atoms with Crippen molar-refractivity contribution in [3.63, 3.8) is 0 Å². The quantitative estimate of drug-likeness (QED) is 0.0459. The fraction of sp³-hybridized carbons (Fsp3) is 1.00. The van der Waals surface area contributed by atoms with Crippen molar-refractivity contribution in [3.8, 4) is 0 Å². The fourth-order valence-corrected chi connectivity index (χ4v) is 20.0. The molecule has 0 saturated heterocycles. The molecule has 0 bridgehead atoms. The number of hydrogen-bond donors (Lipinski definition) is 0. The number of ether oxygens (including phenoxy) is 3. The standard InChI is InChI=1S/C17H40OSi2.C15H32O3.C11H24.C9H20.C8H18.6CH4/c1-9-13-17(12-4)15-20(7,8)18-19(5,6)14-16(10-2)11-3;1-5-9-16-12-15(8-4,13-17-10-6-2)14-18-11-7-3;1-5-7-10(3)9-11(4)8-6-2;1-5-9(6-2,7-3)8-4;1-5-8(4,6-2)7-3;;;;;;/h16-17H,9-15H2,1-8H3;5-14H2,1-4H3;10-11H,5-9H2,1-4H3;5-8H2,1-4H3;5-7H2,1-4H3;6*1H4. The van der Waals surface area contributed by atoms with Crippen LogP contribution in [0.5, 0.6) is 0 Å². The summed E-state index contributed by atoms with van der Waals surface area (Å²) in [6.07, 6.45) is 27.1. The van der Waals surface area contributed by atoms with Crippen molar-refractivity contribution in [2.45, 2.75) is 356 Å². The van der Waals surface area contributed by atoms with Gasteiger partial charge in [0.15, 0.2) is 16.6 Å². The van der Waals surface area contributed by atoms with Gasteiger partial charge in [-0.2, -0.15) is 0 Å². The van der Waals surface area contributed by atoms with Crippen LogP contribution in [-0.2, 0) is 18.3 Å². The highest BCUT2D eigenvalue weighted by Crippen LogP contribution is 2.34. The number of rotatable bonds is 37. The lowest BCUT2D eigenvalue weighted by Gasteiger charge is -2.37. The largest absolute Gasteiger partial charge is 0.455 e. The van der Waals surface area contributed by atoms with Crippen molar-refractivity contribution in [1.82, 2.24) is 0 Å². The molecule has 0 amide bonds. The third kappa shape index (κ3) is 56.5. The summed E-state index contributed by atoms with van der Waals surface area (Å²) in [7, 11) is -2.98. The monoisotopic (exact) mass is 1070 g/mol. The summed E-state index contributed by atoms with van der Waals surface area (Å²) in [4.78, 5) is 0. The average molecular weight is 1070 g/mol. The van der Waals surface area contributed by atoms with Crippen LogP contribution in [0.4, 0.5) is 0 Å². The van der Waals surface area contributed by atoms with Crippen LogP contribution in [0.2, 0.25) is 38.3 Å². The lowest BCUT2D eigenvalue weighted by atomic mass is 9.78. The second-order valence-corrected chi connectivity index (χ2v) is 31.3. The lowest BCUT2D eigenvalue weighted by molar-refractivity contribution is -0.0712. The topological polar surface area (TPSA) is 36.9 Å². The molecule has 72 heavy (non-hydrogen) atoms. The summed E-state index contributed by atoms with van der Waals surface area (Å²) in [5.41, 5.74) is 1.32. The first-order valence-corrected chi connectivity index (χ1v) is 35.7. The van der Waals surface area contributed by atoms with Crippen molar-refractivity contribution in [1.29, 1.82) is 0 Å². The van der Waals surface area contributed by atoms with Crippen LogP contribution in [0.3, 0.4) is 0 Å². The van der Waals surface area contributed by atoms with E-state index in [0.717, 1.165) is 89.0 Å². The Balaban J connectivity index is -0.0000000732. The van der Waals surface area contributed by atoms with Crippen LogP contribution in [0.15, 0.2) is 0 Å². The Bertz CT molecular complexity index is 881. The van der Waals surface area contributed by atoms with Gasteiger partial charge in [0, 0.05) is 25.2 Å². The first kappa shape index (κ1) is 97.8. The molecule has 0 spiro atoms. The minimum Gasteiger partial charge on any atom is -0.455 e. The summed E-state index contributed by atoms with van der Waals surface area (Å²) in [5.74, 6) is 3.65. The van der Waals surface area contributed by atoms with Crippen LogP contribution < -0.4 is 0 Å². The van der Waals surface area contributed by atoms with Gasteiger partial charge in [-0.15, -0.1) is 0 Å². The van der Waals surface area contributed by atoms with Gasteiger partial charge in [0.2, 0.25) is 0 Å². The van der Waals surface area contributed by atoms with Crippen molar-refractivity contribution in [3.05, 3.63) is 0 Å². The first-order valence-electron chi connectivity index (χ1n) is 29.5. The van der Waals surface area contributed by atoms with Gasteiger partial charge >= 0.3 is 0 Å². The Hall–Kier alpha value is 0.274. The number of hydrogen-bond acceptors (Lipinski definition) is 4. The zero-order chi connectivity index (χ0) is 52.1. The maximum atomic E-state index is 6.82. The van der Waals surface area contributed by atoms with Crippen LogP contribution in [0, 0.1) is 39.9 Å². The molecule has 0 saturated carbocycles. The molecule has 0 aromatic rings. The minimum atomic E-state index is -1.49. The minimum absolute atomic E-state index is 0. The molecule has 6 heteroatoms. The van der Waals surface area contributed by atoms with Gasteiger partial charge in [-0.3, -0.25) is 0 Å². The highest BCUT2D eigenvalue weighted by Gasteiger charge is 2.35. The normalized spacial score (nSPS) is 12.5. The summed E-state index contributed by atoms with van der Waals surface area (Å²) >= 11 is 0. The maximum absolute atomic E-state index is 6.82. The van der Waals surface area contributed by atoms with Crippen LogP contribution in [0.1, 0.15) is 318 Å². The van der Waals surface area contributed by atoms with E-state index in [9.17, 15) is 0 Å². The van der Waals surface area contributed by atoms with E-state index in [1.165, 1.54) is 121 Å². The fourth-order valence-electron chi connectivity index (χ4n) is 9.55. The second-order valence-electron chi connectivity index (χ2n) is 22.6. The molecule has 0 rings (SSSR count). The molecule has 0 fully saturated rings. The average Bonchev–Trinajstić information content (AvgIpc) is 3.29. The van der Waals surface area contributed by atoms with E-state index in [0.29, 0.717) is 10.8 Å². The van der Waals surface area contributed by atoms with Crippen LogP contribution >= 0.6 is 0 Å². The van der Waals surface area contributed by atoms with Crippen LogP contribution in [0.25, 0.3) is 0 Å². The third-order valence-electron chi connectivity index (χ3n) is 15.5. The van der Waals surface area contributed by atoms with E-state index < -0.39 is 16.6 Å². The SMILES string of the molecule is C.C.C.C.C.C.CCC(C)(CC)CC.CCC(CC)(CC)CC.CCCC(C)CC(C)CCC.CCCC(CC)C[Si](C)(C)O[Si](C)(C)CC(CC)CC.CCCOCC(CC)(COCCC)COCCC. The van der Waals surface area contributed by atoms with Gasteiger partial charge in [-0.05, 0) is 105 Å². The predicted octanol–water partition coefficient (Wildman–Crippen LogP) is 25.2. The summed E-state index contributed by atoms with van der Waals surface area (Å²) in [5, 5.41) is 0.